The van der Waals surface area contributed by atoms with Crippen LogP contribution in [-0.4, -0.2) is 4.98 Å². The van der Waals surface area contributed by atoms with E-state index in [0.29, 0.717) is 0 Å². The molecule has 9 aromatic rings. The van der Waals surface area contributed by atoms with Gasteiger partial charge in [0.1, 0.15) is 0 Å². The first-order valence-electron chi connectivity index (χ1n) is 16.6. The molecule has 0 N–H and O–H groups in total. The van der Waals surface area contributed by atoms with Gasteiger partial charge in [0, 0.05) is 10.9 Å². The molecule has 1 heterocycles. The number of nitrogens with zero attached hydrogens (tertiary/aromatic N) is 1. The van der Waals surface area contributed by atoms with Crippen molar-refractivity contribution < 1.29 is 0 Å². The Morgan fingerprint density at radius 1 is 0.292 bits per heavy atom. The van der Waals surface area contributed by atoms with Crippen molar-refractivity contribution in [2.45, 2.75) is 0 Å². The normalized spacial score (nSPS) is 12.2. The van der Waals surface area contributed by atoms with Crippen LogP contribution >= 0.6 is 0 Å². The van der Waals surface area contributed by atoms with E-state index in [2.05, 4.69) is 164 Å². The Morgan fingerprint density at radius 3 is 1.48 bits per heavy atom. The second kappa shape index (κ2) is 9.61. The highest BCUT2D eigenvalue weighted by molar-refractivity contribution is 6.29. The van der Waals surface area contributed by atoms with Crippen LogP contribution in [0.15, 0.2) is 164 Å². The Bertz CT molecular complexity index is 2720. The fraction of sp³-hybridized carbons (Fsp3) is 0. The predicted molar refractivity (Wildman–Crippen MR) is 202 cm³/mol. The summed E-state index contributed by atoms with van der Waals surface area (Å²) >= 11 is 0. The van der Waals surface area contributed by atoms with E-state index in [4.69, 9.17) is 4.98 Å². The zero-order chi connectivity index (χ0) is 31.3. The van der Waals surface area contributed by atoms with E-state index in [1.807, 2.05) is 0 Å². The Hall–Kier alpha value is -6.31. The average molecular weight is 606 g/mol. The summed E-state index contributed by atoms with van der Waals surface area (Å²) in [6, 6.07) is 60.0. The van der Waals surface area contributed by atoms with Gasteiger partial charge in [0.2, 0.25) is 0 Å². The van der Waals surface area contributed by atoms with Gasteiger partial charge in [0.15, 0.2) is 0 Å². The van der Waals surface area contributed by atoms with Crippen LogP contribution in [0.4, 0.5) is 0 Å². The summed E-state index contributed by atoms with van der Waals surface area (Å²) in [6.07, 6.45) is 0. The van der Waals surface area contributed by atoms with Gasteiger partial charge < -0.3 is 0 Å². The summed E-state index contributed by atoms with van der Waals surface area (Å²) in [5.74, 6) is 0. The Labute approximate surface area is 278 Å². The Kier molecular flexibility index (Phi) is 5.17. The average Bonchev–Trinajstić information content (AvgIpc) is 3.66. The van der Waals surface area contributed by atoms with E-state index in [1.165, 1.54) is 99.3 Å². The standard InChI is InChI=1S/C47H27N/c1-3-13-28(14-4-1)42-35-19-9-10-20-36(35)43(29-15-5-2-6-16-29)47-38-26-25-32(34-21-11-23-37(44(34)38)46(42)47)41-27-39-31-18-8-7-17-30(31)33-22-12-24-40(48-41)45(33)39/h1-27H. The minimum absolute atomic E-state index is 1.02. The maximum absolute atomic E-state index is 5.34. The molecule has 2 aliphatic rings. The number of rotatable bonds is 3. The van der Waals surface area contributed by atoms with Gasteiger partial charge in [-0.1, -0.05) is 152 Å². The monoisotopic (exact) mass is 605 g/mol. The number of pyridine rings is 1. The number of hydrogen-bond acceptors (Lipinski definition) is 1. The van der Waals surface area contributed by atoms with Gasteiger partial charge in [0.05, 0.1) is 11.2 Å². The SMILES string of the molecule is c1ccc(-c2c3c(c(-c4ccccc4)c4ccccc24)-c2ccc(-c4cc5c6c(cccc6n4)-c4ccccc4-5)c4cccc-3c24)cc1. The van der Waals surface area contributed by atoms with Crippen molar-refractivity contribution in [2.24, 2.45) is 0 Å². The van der Waals surface area contributed by atoms with Crippen molar-refractivity contribution in [3.05, 3.63) is 164 Å². The zero-order valence-electron chi connectivity index (χ0n) is 26.0. The van der Waals surface area contributed by atoms with E-state index in [9.17, 15) is 0 Å². The van der Waals surface area contributed by atoms with Crippen LogP contribution in [0.5, 0.6) is 0 Å². The van der Waals surface area contributed by atoms with E-state index in [1.54, 1.807) is 0 Å². The number of fused-ring (bicyclic) bond motifs is 7. The molecular formula is C47H27N. The van der Waals surface area contributed by atoms with E-state index >= 15 is 0 Å². The zero-order valence-corrected chi connectivity index (χ0v) is 26.0. The lowest BCUT2D eigenvalue weighted by atomic mass is 9.82. The molecular weight excluding hydrogens is 579 g/mol. The van der Waals surface area contributed by atoms with Gasteiger partial charge in [-0.3, -0.25) is 0 Å². The molecule has 48 heavy (non-hydrogen) atoms. The molecule has 0 spiro atoms. The molecule has 0 amide bonds. The van der Waals surface area contributed by atoms with Crippen molar-refractivity contribution in [1.82, 2.24) is 4.98 Å². The summed E-state index contributed by atoms with van der Waals surface area (Å²) in [5.41, 5.74) is 18.7. The molecule has 1 heteroatoms. The van der Waals surface area contributed by atoms with E-state index in [0.717, 1.165) is 11.2 Å². The van der Waals surface area contributed by atoms with Gasteiger partial charge in [-0.25, -0.2) is 4.98 Å². The van der Waals surface area contributed by atoms with Gasteiger partial charge in [-0.05, 0) is 100 Å². The fourth-order valence-corrected chi connectivity index (χ4v) is 8.65. The highest BCUT2D eigenvalue weighted by atomic mass is 14.7. The van der Waals surface area contributed by atoms with Gasteiger partial charge in [-0.15, -0.1) is 0 Å². The largest absolute Gasteiger partial charge is 0.248 e. The second-order valence-corrected chi connectivity index (χ2v) is 13.0. The smallest absolute Gasteiger partial charge is 0.0722 e. The number of aromatic nitrogens is 1. The Morgan fingerprint density at radius 2 is 0.792 bits per heavy atom. The summed E-state index contributed by atoms with van der Waals surface area (Å²) < 4.78 is 0. The van der Waals surface area contributed by atoms with Crippen LogP contribution in [0.1, 0.15) is 0 Å². The van der Waals surface area contributed by atoms with Crippen LogP contribution in [0.3, 0.4) is 0 Å². The van der Waals surface area contributed by atoms with Crippen molar-refractivity contribution >= 4 is 32.4 Å². The third kappa shape index (κ3) is 3.37. The van der Waals surface area contributed by atoms with Gasteiger partial charge in [-0.2, -0.15) is 0 Å². The molecule has 11 rings (SSSR count). The molecule has 220 valence electrons. The summed E-state index contributed by atoms with van der Waals surface area (Å²) in [4.78, 5) is 5.34. The molecule has 1 aromatic heterocycles. The first kappa shape index (κ1) is 25.8. The minimum atomic E-state index is 1.02. The van der Waals surface area contributed by atoms with Gasteiger partial charge in [0.25, 0.3) is 0 Å². The number of hydrogen-bond donors (Lipinski definition) is 0. The molecule has 8 aromatic carbocycles. The summed E-state index contributed by atoms with van der Waals surface area (Å²) in [5, 5.41) is 6.36. The van der Waals surface area contributed by atoms with Crippen molar-refractivity contribution in [3.8, 4) is 78.0 Å². The topological polar surface area (TPSA) is 12.9 Å². The second-order valence-electron chi connectivity index (χ2n) is 13.0. The maximum Gasteiger partial charge on any atom is 0.0722 e. The molecule has 0 unspecified atom stereocenters. The third-order valence-corrected chi connectivity index (χ3v) is 10.5. The molecule has 2 aliphatic carbocycles. The highest BCUT2D eigenvalue weighted by Gasteiger charge is 2.31. The van der Waals surface area contributed by atoms with Crippen molar-refractivity contribution in [1.29, 1.82) is 0 Å². The molecule has 1 nitrogen and oxygen atoms in total. The van der Waals surface area contributed by atoms with E-state index in [-0.39, 0.29) is 0 Å². The van der Waals surface area contributed by atoms with Crippen molar-refractivity contribution in [2.75, 3.05) is 0 Å². The first-order valence-corrected chi connectivity index (χ1v) is 16.6. The first-order chi connectivity index (χ1) is 23.8. The Balaban J connectivity index is 1.25. The quantitative estimate of drug-likeness (QED) is 0.195. The van der Waals surface area contributed by atoms with Crippen LogP contribution in [-0.2, 0) is 0 Å². The molecule has 0 atom stereocenters. The fourth-order valence-electron chi connectivity index (χ4n) is 8.65. The molecule has 0 radical (unpaired) electrons. The van der Waals surface area contributed by atoms with E-state index < -0.39 is 0 Å². The number of benzene rings is 8. The summed E-state index contributed by atoms with van der Waals surface area (Å²) in [7, 11) is 0. The lowest BCUT2D eigenvalue weighted by Crippen LogP contribution is -1.93. The van der Waals surface area contributed by atoms with Crippen LogP contribution in [0, 0.1) is 0 Å². The van der Waals surface area contributed by atoms with Gasteiger partial charge >= 0.3 is 0 Å². The summed E-state index contributed by atoms with van der Waals surface area (Å²) in [6.45, 7) is 0. The van der Waals surface area contributed by atoms with Crippen LogP contribution in [0.25, 0.3) is 110 Å². The molecule has 0 saturated heterocycles. The molecule has 0 saturated carbocycles. The minimum Gasteiger partial charge on any atom is -0.248 e. The molecule has 0 fully saturated rings. The lowest BCUT2D eigenvalue weighted by Gasteiger charge is -2.20. The van der Waals surface area contributed by atoms with Crippen LogP contribution in [0.2, 0.25) is 0 Å². The van der Waals surface area contributed by atoms with Crippen molar-refractivity contribution in [3.63, 3.8) is 0 Å². The third-order valence-electron chi connectivity index (χ3n) is 10.5. The lowest BCUT2D eigenvalue weighted by molar-refractivity contribution is 1.41. The predicted octanol–water partition coefficient (Wildman–Crippen LogP) is 12.8. The maximum atomic E-state index is 5.34. The molecule has 0 bridgehead atoms. The van der Waals surface area contributed by atoms with Crippen LogP contribution < -0.4 is 0 Å². The highest BCUT2D eigenvalue weighted by Crippen LogP contribution is 2.58. The molecule has 0 aliphatic heterocycles.